The van der Waals surface area contributed by atoms with Crippen LogP contribution in [0.25, 0.3) is 0 Å². The first kappa shape index (κ1) is 19.3. The van der Waals surface area contributed by atoms with Gasteiger partial charge in [-0.25, -0.2) is 4.79 Å². The summed E-state index contributed by atoms with van der Waals surface area (Å²) in [5.74, 6) is -0.0232. The quantitative estimate of drug-likeness (QED) is 0.713. The van der Waals surface area contributed by atoms with Gasteiger partial charge >= 0.3 is 5.97 Å². The van der Waals surface area contributed by atoms with E-state index < -0.39 is 12.1 Å². The Morgan fingerprint density at radius 1 is 1.04 bits per heavy atom. The highest BCUT2D eigenvalue weighted by atomic mass is 16.5. The van der Waals surface area contributed by atoms with Crippen molar-refractivity contribution >= 4 is 11.9 Å². The molecule has 6 heteroatoms. The third-order valence-corrected chi connectivity index (χ3v) is 3.90. The second kappa shape index (κ2) is 8.89. The molecule has 26 heavy (non-hydrogen) atoms. The van der Waals surface area contributed by atoms with E-state index >= 15 is 0 Å². The van der Waals surface area contributed by atoms with Gasteiger partial charge in [-0.1, -0.05) is 30.3 Å². The van der Waals surface area contributed by atoms with Crippen LogP contribution in [0.2, 0.25) is 0 Å². The fraction of sp³-hybridized carbons (Fsp3) is 0.300. The number of ether oxygens (including phenoxy) is 3. The summed E-state index contributed by atoms with van der Waals surface area (Å²) in [5, 5.41) is 0. The van der Waals surface area contributed by atoms with Crippen molar-refractivity contribution in [2.45, 2.75) is 19.6 Å². The number of benzene rings is 2. The molecule has 1 atom stereocenters. The van der Waals surface area contributed by atoms with Crippen LogP contribution in [0.5, 0.6) is 11.5 Å². The molecule has 0 heterocycles. The summed E-state index contributed by atoms with van der Waals surface area (Å²) in [7, 11) is 4.65. The number of hydrogen-bond acceptors (Lipinski definition) is 5. The first-order chi connectivity index (χ1) is 12.5. The second-order valence-electron chi connectivity index (χ2n) is 5.79. The van der Waals surface area contributed by atoms with E-state index in [4.69, 9.17) is 14.2 Å². The van der Waals surface area contributed by atoms with Gasteiger partial charge < -0.3 is 19.1 Å². The van der Waals surface area contributed by atoms with E-state index in [2.05, 4.69) is 0 Å². The van der Waals surface area contributed by atoms with Crippen LogP contribution in [0.3, 0.4) is 0 Å². The molecule has 0 saturated carbocycles. The Morgan fingerprint density at radius 2 is 1.73 bits per heavy atom. The van der Waals surface area contributed by atoms with E-state index in [-0.39, 0.29) is 11.5 Å². The van der Waals surface area contributed by atoms with Crippen LogP contribution in [0, 0.1) is 0 Å². The number of nitrogens with zero attached hydrogens (tertiary/aromatic N) is 1. The summed E-state index contributed by atoms with van der Waals surface area (Å²) in [6, 6.07) is 14.4. The van der Waals surface area contributed by atoms with Gasteiger partial charge in [0.25, 0.3) is 5.91 Å². The minimum atomic E-state index is -0.914. The van der Waals surface area contributed by atoms with Crippen LogP contribution in [0.1, 0.15) is 22.8 Å². The fourth-order valence-corrected chi connectivity index (χ4v) is 2.49. The lowest BCUT2D eigenvalue weighted by molar-refractivity contribution is -0.139. The number of rotatable bonds is 7. The third-order valence-electron chi connectivity index (χ3n) is 3.90. The van der Waals surface area contributed by atoms with E-state index in [0.29, 0.717) is 18.0 Å². The lowest BCUT2D eigenvalue weighted by Crippen LogP contribution is -2.37. The zero-order chi connectivity index (χ0) is 19.1. The third kappa shape index (κ3) is 4.75. The van der Waals surface area contributed by atoms with Gasteiger partial charge in [0.1, 0.15) is 17.1 Å². The summed E-state index contributed by atoms with van der Waals surface area (Å²) in [5.41, 5.74) is 1.23. The van der Waals surface area contributed by atoms with Crippen LogP contribution < -0.4 is 9.47 Å². The van der Waals surface area contributed by atoms with Crippen molar-refractivity contribution in [3.05, 3.63) is 59.7 Å². The van der Waals surface area contributed by atoms with Crippen molar-refractivity contribution in [3.8, 4) is 11.5 Å². The maximum atomic E-state index is 12.5. The molecule has 0 spiro atoms. The maximum Gasteiger partial charge on any atom is 0.342 e. The van der Waals surface area contributed by atoms with Crippen LogP contribution in [0.15, 0.2) is 48.5 Å². The van der Waals surface area contributed by atoms with Crippen molar-refractivity contribution < 1.29 is 23.8 Å². The van der Waals surface area contributed by atoms with Gasteiger partial charge in [-0.15, -0.1) is 0 Å². The predicted octanol–water partition coefficient (Wildman–Crippen LogP) is 2.91. The smallest absolute Gasteiger partial charge is 0.342 e. The molecule has 0 aliphatic carbocycles. The number of amides is 1. The van der Waals surface area contributed by atoms with Crippen molar-refractivity contribution in [1.82, 2.24) is 4.90 Å². The SMILES string of the molecule is COc1ccc(C(=O)O[C@H](C)C(=O)N(C)Cc2ccccc2)c(OC)c1. The van der Waals surface area contributed by atoms with Gasteiger partial charge in [0.2, 0.25) is 0 Å². The van der Waals surface area contributed by atoms with E-state index in [0.717, 1.165) is 5.56 Å². The van der Waals surface area contributed by atoms with Crippen LogP contribution in [-0.4, -0.2) is 44.1 Å². The first-order valence-electron chi connectivity index (χ1n) is 8.18. The van der Waals surface area contributed by atoms with Crippen molar-refractivity contribution in [3.63, 3.8) is 0 Å². The first-order valence-corrected chi connectivity index (χ1v) is 8.18. The van der Waals surface area contributed by atoms with E-state index in [1.54, 1.807) is 32.2 Å². The summed E-state index contributed by atoms with van der Waals surface area (Å²) >= 11 is 0. The van der Waals surface area contributed by atoms with Gasteiger partial charge in [-0.2, -0.15) is 0 Å². The molecule has 2 aromatic carbocycles. The maximum absolute atomic E-state index is 12.5. The summed E-state index contributed by atoms with van der Waals surface area (Å²) in [6.45, 7) is 1.99. The number of carbonyl (C=O) groups is 2. The van der Waals surface area contributed by atoms with E-state index in [9.17, 15) is 9.59 Å². The van der Waals surface area contributed by atoms with Crippen molar-refractivity contribution in [2.24, 2.45) is 0 Å². The summed E-state index contributed by atoms with van der Waals surface area (Å²) in [4.78, 5) is 26.4. The standard InChI is InChI=1S/C20H23NO5/c1-14(19(22)21(2)13-15-8-6-5-7-9-15)26-20(23)17-11-10-16(24-3)12-18(17)25-4/h5-12,14H,13H2,1-4H3/t14-/m1/s1. The monoisotopic (exact) mass is 357 g/mol. The molecular weight excluding hydrogens is 334 g/mol. The lowest BCUT2D eigenvalue weighted by Gasteiger charge is -2.22. The normalized spacial score (nSPS) is 11.4. The Labute approximate surface area is 153 Å². The zero-order valence-corrected chi connectivity index (χ0v) is 15.4. The molecule has 0 N–H and O–H groups in total. The number of likely N-dealkylation sites (N-methyl/N-ethyl adjacent to an activating group) is 1. The molecule has 0 unspecified atom stereocenters. The number of carbonyl (C=O) groups excluding carboxylic acids is 2. The second-order valence-corrected chi connectivity index (χ2v) is 5.79. The number of methoxy groups -OCH3 is 2. The zero-order valence-electron chi connectivity index (χ0n) is 15.4. The van der Waals surface area contributed by atoms with Crippen molar-refractivity contribution in [2.75, 3.05) is 21.3 Å². The minimum Gasteiger partial charge on any atom is -0.497 e. The van der Waals surface area contributed by atoms with E-state index in [1.807, 2.05) is 30.3 Å². The highest BCUT2D eigenvalue weighted by Crippen LogP contribution is 2.25. The van der Waals surface area contributed by atoms with Gasteiger partial charge in [-0.05, 0) is 24.6 Å². The highest BCUT2D eigenvalue weighted by molar-refractivity contribution is 5.94. The molecule has 0 aliphatic rings. The molecule has 0 bridgehead atoms. The molecule has 2 rings (SSSR count). The molecule has 6 nitrogen and oxygen atoms in total. The molecule has 1 amide bonds. The molecule has 0 saturated heterocycles. The van der Waals surface area contributed by atoms with Crippen LogP contribution in [-0.2, 0) is 16.1 Å². The van der Waals surface area contributed by atoms with Gasteiger partial charge in [0, 0.05) is 19.7 Å². The molecular formula is C20H23NO5. The van der Waals surface area contributed by atoms with Gasteiger partial charge in [-0.3, -0.25) is 4.79 Å². The topological polar surface area (TPSA) is 65.1 Å². The Balaban J connectivity index is 2.03. The van der Waals surface area contributed by atoms with Crippen LogP contribution >= 0.6 is 0 Å². The molecule has 0 fully saturated rings. The lowest BCUT2D eigenvalue weighted by atomic mass is 10.2. The van der Waals surface area contributed by atoms with E-state index in [1.165, 1.54) is 19.1 Å². The molecule has 0 aliphatic heterocycles. The van der Waals surface area contributed by atoms with Crippen LogP contribution in [0.4, 0.5) is 0 Å². The molecule has 0 aromatic heterocycles. The molecule has 2 aromatic rings. The summed E-state index contributed by atoms with van der Waals surface area (Å²) in [6.07, 6.45) is -0.914. The van der Waals surface area contributed by atoms with Crippen molar-refractivity contribution in [1.29, 1.82) is 0 Å². The Hall–Kier alpha value is -3.02. The number of hydrogen-bond donors (Lipinski definition) is 0. The number of esters is 1. The Kier molecular flexibility index (Phi) is 6.60. The van der Waals surface area contributed by atoms with Gasteiger partial charge in [0.15, 0.2) is 6.10 Å². The Morgan fingerprint density at radius 3 is 2.35 bits per heavy atom. The largest absolute Gasteiger partial charge is 0.497 e. The Bertz CT molecular complexity index is 760. The minimum absolute atomic E-state index is 0.235. The average molecular weight is 357 g/mol. The average Bonchev–Trinajstić information content (AvgIpc) is 2.67. The summed E-state index contributed by atoms with van der Waals surface area (Å²) < 4.78 is 15.6. The highest BCUT2D eigenvalue weighted by Gasteiger charge is 2.24. The fourth-order valence-electron chi connectivity index (χ4n) is 2.49. The molecule has 138 valence electrons. The predicted molar refractivity (Wildman–Crippen MR) is 97.3 cm³/mol. The van der Waals surface area contributed by atoms with Gasteiger partial charge in [0.05, 0.1) is 14.2 Å². The molecule has 0 radical (unpaired) electrons.